The highest BCUT2D eigenvalue weighted by Crippen LogP contribution is 2.26. The highest BCUT2D eigenvalue weighted by molar-refractivity contribution is 7.20. The summed E-state index contributed by atoms with van der Waals surface area (Å²) in [5.74, 6) is -1.40. The van der Waals surface area contributed by atoms with Crippen molar-refractivity contribution in [2.24, 2.45) is 0 Å². The lowest BCUT2D eigenvalue weighted by molar-refractivity contribution is -0.139. The monoisotopic (exact) mass is 475 g/mol. The summed E-state index contributed by atoms with van der Waals surface area (Å²) in [6.45, 7) is 1.82. The first-order chi connectivity index (χ1) is 16.5. The third-order valence-electron chi connectivity index (χ3n) is 5.48. The van der Waals surface area contributed by atoms with E-state index in [1.165, 1.54) is 11.3 Å². The number of hydrogen-bond donors (Lipinski definition) is 5. The summed E-state index contributed by atoms with van der Waals surface area (Å²) in [4.78, 5) is 23.7. The molecule has 0 aliphatic heterocycles. The van der Waals surface area contributed by atoms with Crippen LogP contribution in [0.4, 0.5) is 0 Å². The summed E-state index contributed by atoms with van der Waals surface area (Å²) in [6, 6.07) is 24.3. The molecule has 174 valence electrons. The van der Waals surface area contributed by atoms with Crippen LogP contribution in [0.25, 0.3) is 10.1 Å². The van der Waals surface area contributed by atoms with E-state index in [9.17, 15) is 14.7 Å². The van der Waals surface area contributed by atoms with Crippen molar-refractivity contribution in [2.75, 3.05) is 0 Å². The maximum absolute atomic E-state index is 11.6. The average Bonchev–Trinajstić information content (AvgIpc) is 3.28. The standard InChI is InChI=1S/C26H25N3O4S/c30-25(29-33)23-13-21-11-10-19(12-22(21)34-23)15-27-14-17-6-8-18(9-7-17)16-28-24(26(31)32)20-4-2-1-3-5-20/h1-13,24,27-28,33H,14-16H2,(H,29,30)(H,31,32). The number of benzene rings is 3. The lowest BCUT2D eigenvalue weighted by atomic mass is 10.1. The van der Waals surface area contributed by atoms with Crippen LogP contribution in [-0.4, -0.2) is 22.2 Å². The van der Waals surface area contributed by atoms with Crippen molar-refractivity contribution in [3.05, 3.63) is 106 Å². The Morgan fingerprint density at radius 3 is 2.15 bits per heavy atom. The van der Waals surface area contributed by atoms with Gasteiger partial charge < -0.3 is 10.4 Å². The van der Waals surface area contributed by atoms with Gasteiger partial charge in [0.15, 0.2) is 0 Å². The smallest absolute Gasteiger partial charge is 0.325 e. The Morgan fingerprint density at radius 1 is 0.824 bits per heavy atom. The average molecular weight is 476 g/mol. The molecule has 1 heterocycles. The fraction of sp³-hybridized carbons (Fsp3) is 0.154. The molecule has 7 nitrogen and oxygen atoms in total. The van der Waals surface area contributed by atoms with Gasteiger partial charge >= 0.3 is 5.97 Å². The Kier molecular flexibility index (Phi) is 7.66. The number of thiophene rings is 1. The van der Waals surface area contributed by atoms with Crippen molar-refractivity contribution >= 4 is 33.3 Å². The van der Waals surface area contributed by atoms with E-state index in [-0.39, 0.29) is 0 Å². The number of carbonyl (C=O) groups is 2. The first-order valence-corrected chi connectivity index (χ1v) is 11.6. The van der Waals surface area contributed by atoms with Gasteiger partial charge in [-0.3, -0.25) is 20.1 Å². The highest BCUT2D eigenvalue weighted by atomic mass is 32.1. The predicted molar refractivity (Wildman–Crippen MR) is 132 cm³/mol. The zero-order valence-corrected chi connectivity index (χ0v) is 19.1. The molecule has 4 rings (SSSR count). The second kappa shape index (κ2) is 11.0. The van der Waals surface area contributed by atoms with Gasteiger partial charge in [-0.05, 0) is 39.8 Å². The quantitative estimate of drug-likeness (QED) is 0.173. The van der Waals surface area contributed by atoms with Crippen molar-refractivity contribution in [3.63, 3.8) is 0 Å². The predicted octanol–water partition coefficient (Wildman–Crippen LogP) is 4.23. The number of carboxylic acid groups (broad SMARTS) is 1. The largest absolute Gasteiger partial charge is 0.480 e. The Bertz CT molecular complexity index is 1270. The maximum atomic E-state index is 11.6. The van der Waals surface area contributed by atoms with E-state index in [4.69, 9.17) is 5.21 Å². The van der Waals surface area contributed by atoms with E-state index < -0.39 is 17.9 Å². The second-order valence-electron chi connectivity index (χ2n) is 7.91. The van der Waals surface area contributed by atoms with E-state index in [1.807, 2.05) is 72.8 Å². The third kappa shape index (κ3) is 5.86. The van der Waals surface area contributed by atoms with Crippen molar-refractivity contribution in [1.29, 1.82) is 0 Å². The van der Waals surface area contributed by atoms with Crippen LogP contribution in [0.3, 0.4) is 0 Å². The summed E-state index contributed by atoms with van der Waals surface area (Å²) in [6.07, 6.45) is 0. The van der Waals surface area contributed by atoms with Gasteiger partial charge in [-0.2, -0.15) is 0 Å². The molecule has 0 saturated carbocycles. The van der Waals surface area contributed by atoms with Crippen LogP contribution < -0.4 is 16.1 Å². The number of hydroxylamine groups is 1. The molecule has 0 aliphatic rings. The molecule has 0 fully saturated rings. The van der Waals surface area contributed by atoms with Crippen molar-refractivity contribution in [1.82, 2.24) is 16.1 Å². The summed E-state index contributed by atoms with van der Waals surface area (Å²) >= 11 is 1.34. The van der Waals surface area contributed by atoms with Crippen molar-refractivity contribution in [2.45, 2.75) is 25.7 Å². The van der Waals surface area contributed by atoms with Gasteiger partial charge in [0, 0.05) is 24.3 Å². The van der Waals surface area contributed by atoms with Crippen LogP contribution in [0.15, 0.2) is 78.9 Å². The fourth-order valence-corrected chi connectivity index (χ4v) is 4.71. The van der Waals surface area contributed by atoms with E-state index >= 15 is 0 Å². The molecular weight excluding hydrogens is 450 g/mol. The fourth-order valence-electron chi connectivity index (χ4n) is 3.69. The van der Waals surface area contributed by atoms with Crippen LogP contribution in [0, 0.1) is 0 Å². The molecule has 34 heavy (non-hydrogen) atoms. The SMILES string of the molecule is O=C(NO)c1cc2ccc(CNCc3ccc(CNC(C(=O)O)c4ccccc4)cc3)cc2s1. The molecule has 8 heteroatoms. The second-order valence-corrected chi connectivity index (χ2v) is 8.99. The summed E-state index contributed by atoms with van der Waals surface area (Å²) in [7, 11) is 0. The molecule has 3 aromatic carbocycles. The Hall–Kier alpha value is -3.56. The molecule has 5 N–H and O–H groups in total. The van der Waals surface area contributed by atoms with Gasteiger partial charge in [-0.15, -0.1) is 11.3 Å². The van der Waals surface area contributed by atoms with Crippen molar-refractivity contribution in [3.8, 4) is 0 Å². The molecule has 4 aromatic rings. The topological polar surface area (TPSA) is 111 Å². The number of amides is 1. The molecule has 1 atom stereocenters. The Labute approximate surface area is 201 Å². The van der Waals surface area contributed by atoms with E-state index in [1.54, 1.807) is 11.5 Å². The van der Waals surface area contributed by atoms with E-state index in [2.05, 4.69) is 10.6 Å². The minimum atomic E-state index is -0.902. The number of fused-ring (bicyclic) bond motifs is 1. The van der Waals surface area contributed by atoms with Crippen LogP contribution in [0.2, 0.25) is 0 Å². The molecule has 1 unspecified atom stereocenters. The minimum absolute atomic E-state index is 0.455. The molecule has 1 amide bonds. The number of hydrogen-bond acceptors (Lipinski definition) is 6. The Morgan fingerprint density at radius 2 is 1.47 bits per heavy atom. The first kappa shape index (κ1) is 23.6. The van der Waals surface area contributed by atoms with E-state index in [0.717, 1.165) is 32.3 Å². The number of carboxylic acids is 1. The van der Waals surface area contributed by atoms with Crippen LogP contribution in [0.5, 0.6) is 0 Å². The van der Waals surface area contributed by atoms with Gasteiger partial charge in [0.1, 0.15) is 6.04 Å². The number of carbonyl (C=O) groups excluding carboxylic acids is 1. The normalized spacial score (nSPS) is 11.9. The van der Waals surface area contributed by atoms with Gasteiger partial charge in [-0.1, -0.05) is 66.7 Å². The van der Waals surface area contributed by atoms with Crippen LogP contribution in [-0.2, 0) is 24.4 Å². The maximum Gasteiger partial charge on any atom is 0.325 e. The van der Waals surface area contributed by atoms with Crippen molar-refractivity contribution < 1.29 is 19.9 Å². The molecule has 0 saturated heterocycles. The van der Waals surface area contributed by atoms with Gasteiger partial charge in [0.2, 0.25) is 0 Å². The first-order valence-electron chi connectivity index (χ1n) is 10.8. The molecule has 1 aromatic heterocycles. The third-order valence-corrected chi connectivity index (χ3v) is 6.58. The molecular formula is C26H25N3O4S. The summed E-state index contributed by atoms with van der Waals surface area (Å²) in [5.41, 5.74) is 5.63. The summed E-state index contributed by atoms with van der Waals surface area (Å²) in [5, 5.41) is 25.8. The van der Waals surface area contributed by atoms with E-state index in [0.29, 0.717) is 24.5 Å². The van der Waals surface area contributed by atoms with Gasteiger partial charge in [-0.25, -0.2) is 5.48 Å². The zero-order chi connectivity index (χ0) is 23.9. The number of rotatable bonds is 10. The summed E-state index contributed by atoms with van der Waals surface area (Å²) < 4.78 is 0.991. The Balaban J connectivity index is 1.29. The molecule has 0 spiro atoms. The molecule has 0 bridgehead atoms. The highest BCUT2D eigenvalue weighted by Gasteiger charge is 2.18. The number of nitrogens with one attached hydrogen (secondary N) is 3. The zero-order valence-electron chi connectivity index (χ0n) is 18.3. The van der Waals surface area contributed by atoms with Gasteiger partial charge in [0.25, 0.3) is 5.91 Å². The minimum Gasteiger partial charge on any atom is -0.480 e. The van der Waals surface area contributed by atoms with Crippen LogP contribution >= 0.6 is 11.3 Å². The molecule has 0 aliphatic carbocycles. The lowest BCUT2D eigenvalue weighted by Gasteiger charge is -2.15. The number of aliphatic carboxylic acids is 1. The molecule has 0 radical (unpaired) electrons. The van der Waals surface area contributed by atoms with Gasteiger partial charge in [0.05, 0.1) is 4.88 Å². The lowest BCUT2D eigenvalue weighted by Crippen LogP contribution is -2.28. The van der Waals surface area contributed by atoms with Crippen LogP contribution in [0.1, 0.15) is 38.0 Å².